The minimum atomic E-state index is -4.27. The molecular formula is C11H17ClF3NO. The average Bonchev–Trinajstić information content (AvgIpc) is 2.72. The fraction of sp³-hybridized carbons (Fsp3) is 0.909. The van der Waals surface area contributed by atoms with Crippen LogP contribution in [0.2, 0.25) is 0 Å². The van der Waals surface area contributed by atoms with Gasteiger partial charge in [-0.05, 0) is 12.8 Å². The fourth-order valence-electron chi connectivity index (χ4n) is 2.11. The number of nitrogens with one attached hydrogen (secondary N) is 1. The Kier molecular flexibility index (Phi) is 5.10. The summed E-state index contributed by atoms with van der Waals surface area (Å²) in [6.45, 7) is 0.396. The number of carbonyl (C=O) groups excluding carboxylic acids is 1. The van der Waals surface area contributed by atoms with Crippen LogP contribution in [0.3, 0.4) is 0 Å². The van der Waals surface area contributed by atoms with Gasteiger partial charge in [0.05, 0.1) is 6.42 Å². The van der Waals surface area contributed by atoms with Gasteiger partial charge in [-0.3, -0.25) is 4.79 Å². The highest BCUT2D eigenvalue weighted by molar-refractivity contribution is 6.18. The Bertz CT molecular complexity index is 262. The lowest BCUT2D eigenvalue weighted by atomic mass is 9.88. The third kappa shape index (κ3) is 5.15. The summed E-state index contributed by atoms with van der Waals surface area (Å²) < 4.78 is 35.7. The number of hydrogen-bond acceptors (Lipinski definition) is 1. The molecule has 1 saturated carbocycles. The number of rotatable bonds is 5. The summed E-state index contributed by atoms with van der Waals surface area (Å²) >= 11 is 5.87. The summed E-state index contributed by atoms with van der Waals surface area (Å²) in [6.07, 6.45) is -1.80. The largest absolute Gasteiger partial charge is 0.389 e. The molecule has 0 bridgehead atoms. The molecule has 0 atom stereocenters. The van der Waals surface area contributed by atoms with E-state index >= 15 is 0 Å². The molecule has 0 aromatic rings. The van der Waals surface area contributed by atoms with Gasteiger partial charge in [0.1, 0.15) is 0 Å². The topological polar surface area (TPSA) is 29.1 Å². The van der Waals surface area contributed by atoms with E-state index in [2.05, 4.69) is 5.32 Å². The van der Waals surface area contributed by atoms with E-state index in [0.717, 1.165) is 25.7 Å². The lowest BCUT2D eigenvalue weighted by molar-refractivity contribution is -0.144. The van der Waals surface area contributed by atoms with Crippen molar-refractivity contribution < 1.29 is 18.0 Å². The first kappa shape index (κ1) is 14.6. The van der Waals surface area contributed by atoms with Crippen LogP contribution in [0.25, 0.3) is 0 Å². The molecule has 2 nitrogen and oxygen atoms in total. The van der Waals surface area contributed by atoms with E-state index in [1.54, 1.807) is 0 Å². The molecule has 1 rings (SSSR count). The molecule has 1 aliphatic rings. The van der Waals surface area contributed by atoms with Crippen LogP contribution in [0, 0.1) is 5.41 Å². The highest BCUT2D eigenvalue weighted by Crippen LogP contribution is 2.38. The molecule has 1 aliphatic carbocycles. The third-order valence-electron chi connectivity index (χ3n) is 3.24. The van der Waals surface area contributed by atoms with Gasteiger partial charge in [-0.2, -0.15) is 13.2 Å². The van der Waals surface area contributed by atoms with Crippen molar-refractivity contribution >= 4 is 17.5 Å². The van der Waals surface area contributed by atoms with E-state index in [1.165, 1.54) is 0 Å². The van der Waals surface area contributed by atoms with Crippen molar-refractivity contribution in [1.82, 2.24) is 5.32 Å². The molecule has 0 aromatic carbocycles. The first-order chi connectivity index (χ1) is 7.87. The van der Waals surface area contributed by atoms with Crippen molar-refractivity contribution in [1.29, 1.82) is 0 Å². The summed E-state index contributed by atoms with van der Waals surface area (Å²) in [5.74, 6) is -0.0919. The van der Waals surface area contributed by atoms with Gasteiger partial charge in [-0.25, -0.2) is 0 Å². The molecule has 0 spiro atoms. The Balaban J connectivity index is 2.27. The Labute approximate surface area is 104 Å². The Morgan fingerprint density at radius 1 is 1.29 bits per heavy atom. The SMILES string of the molecule is O=C(CCC(F)(F)F)NCC1(CCl)CCCC1. The van der Waals surface area contributed by atoms with E-state index in [1.807, 2.05) is 0 Å². The van der Waals surface area contributed by atoms with Crippen LogP contribution in [-0.2, 0) is 4.79 Å². The standard InChI is InChI=1S/C11H17ClF3NO/c12-7-10(4-1-2-5-10)8-16-9(17)3-6-11(13,14)15/h1-8H2,(H,16,17). The van der Waals surface area contributed by atoms with E-state index < -0.39 is 24.9 Å². The first-order valence-electron chi connectivity index (χ1n) is 5.76. The lowest BCUT2D eigenvalue weighted by Crippen LogP contribution is -2.37. The van der Waals surface area contributed by atoms with Crippen LogP contribution in [0.15, 0.2) is 0 Å². The highest BCUT2D eigenvalue weighted by Gasteiger charge is 2.33. The minimum Gasteiger partial charge on any atom is -0.355 e. The molecule has 0 radical (unpaired) electrons. The molecule has 100 valence electrons. The summed E-state index contributed by atoms with van der Waals surface area (Å²) in [7, 11) is 0. The second-order valence-corrected chi connectivity index (χ2v) is 5.00. The summed E-state index contributed by atoms with van der Waals surface area (Å²) in [5.41, 5.74) is -0.102. The number of carbonyl (C=O) groups is 1. The maximum Gasteiger partial charge on any atom is 0.389 e. The zero-order valence-electron chi connectivity index (χ0n) is 9.58. The van der Waals surface area contributed by atoms with Gasteiger partial charge in [0.2, 0.25) is 5.91 Å². The van der Waals surface area contributed by atoms with Crippen molar-refractivity contribution in [3.05, 3.63) is 0 Å². The van der Waals surface area contributed by atoms with Gasteiger partial charge in [0, 0.05) is 24.3 Å². The molecule has 17 heavy (non-hydrogen) atoms. The predicted molar refractivity (Wildman–Crippen MR) is 59.9 cm³/mol. The number of amides is 1. The molecule has 0 aromatic heterocycles. The van der Waals surface area contributed by atoms with Gasteiger partial charge >= 0.3 is 6.18 Å². The van der Waals surface area contributed by atoms with Crippen molar-refractivity contribution in [2.75, 3.05) is 12.4 Å². The molecular weight excluding hydrogens is 255 g/mol. The Hall–Kier alpha value is -0.450. The van der Waals surface area contributed by atoms with Crippen molar-refractivity contribution in [2.45, 2.75) is 44.7 Å². The highest BCUT2D eigenvalue weighted by atomic mass is 35.5. The van der Waals surface area contributed by atoms with E-state index in [9.17, 15) is 18.0 Å². The lowest BCUT2D eigenvalue weighted by Gasteiger charge is -2.26. The zero-order valence-corrected chi connectivity index (χ0v) is 10.3. The Morgan fingerprint density at radius 2 is 1.88 bits per heavy atom. The second-order valence-electron chi connectivity index (χ2n) is 4.73. The summed E-state index contributed by atoms with van der Waals surface area (Å²) in [4.78, 5) is 11.3. The van der Waals surface area contributed by atoms with E-state index in [4.69, 9.17) is 11.6 Å². The van der Waals surface area contributed by atoms with Crippen molar-refractivity contribution in [3.8, 4) is 0 Å². The van der Waals surface area contributed by atoms with Crippen LogP contribution < -0.4 is 5.32 Å². The van der Waals surface area contributed by atoms with Gasteiger partial charge in [-0.1, -0.05) is 12.8 Å². The number of alkyl halides is 4. The zero-order chi connectivity index (χ0) is 12.9. The molecule has 6 heteroatoms. The average molecular weight is 272 g/mol. The molecule has 1 N–H and O–H groups in total. The van der Waals surface area contributed by atoms with Crippen LogP contribution in [-0.4, -0.2) is 24.5 Å². The van der Waals surface area contributed by atoms with Crippen LogP contribution in [0.4, 0.5) is 13.2 Å². The number of hydrogen-bond donors (Lipinski definition) is 1. The Morgan fingerprint density at radius 3 is 2.35 bits per heavy atom. The van der Waals surface area contributed by atoms with Gasteiger partial charge in [0.25, 0.3) is 0 Å². The maximum absolute atomic E-state index is 11.9. The van der Waals surface area contributed by atoms with Crippen LogP contribution >= 0.6 is 11.6 Å². The molecule has 0 saturated heterocycles. The first-order valence-corrected chi connectivity index (χ1v) is 6.30. The quantitative estimate of drug-likeness (QED) is 0.764. The van der Waals surface area contributed by atoms with E-state index in [0.29, 0.717) is 12.4 Å². The molecule has 1 amide bonds. The summed E-state index contributed by atoms with van der Waals surface area (Å²) in [5, 5.41) is 2.57. The number of halogens is 4. The summed E-state index contributed by atoms with van der Waals surface area (Å²) in [6, 6.07) is 0. The molecule has 0 unspecified atom stereocenters. The second kappa shape index (κ2) is 5.94. The van der Waals surface area contributed by atoms with Gasteiger partial charge < -0.3 is 5.32 Å². The van der Waals surface area contributed by atoms with Crippen LogP contribution in [0.1, 0.15) is 38.5 Å². The smallest absolute Gasteiger partial charge is 0.355 e. The molecule has 1 fully saturated rings. The third-order valence-corrected chi connectivity index (χ3v) is 3.81. The fourth-order valence-corrected chi connectivity index (χ4v) is 2.47. The van der Waals surface area contributed by atoms with E-state index in [-0.39, 0.29) is 5.41 Å². The van der Waals surface area contributed by atoms with Crippen LogP contribution in [0.5, 0.6) is 0 Å². The normalized spacial score (nSPS) is 19.3. The maximum atomic E-state index is 11.9. The van der Waals surface area contributed by atoms with Gasteiger partial charge in [-0.15, -0.1) is 11.6 Å². The molecule has 0 aliphatic heterocycles. The monoisotopic (exact) mass is 271 g/mol. The minimum absolute atomic E-state index is 0.102. The van der Waals surface area contributed by atoms with Crippen molar-refractivity contribution in [2.24, 2.45) is 5.41 Å². The molecule has 0 heterocycles. The predicted octanol–water partition coefficient (Wildman–Crippen LogP) is 3.24. The van der Waals surface area contributed by atoms with Gasteiger partial charge in [0.15, 0.2) is 0 Å². The van der Waals surface area contributed by atoms with Crippen molar-refractivity contribution in [3.63, 3.8) is 0 Å².